The van der Waals surface area contributed by atoms with Crippen molar-refractivity contribution in [2.24, 2.45) is 0 Å². The van der Waals surface area contributed by atoms with Crippen molar-refractivity contribution in [3.8, 4) is 5.75 Å². The molecule has 1 heterocycles. The van der Waals surface area contributed by atoms with E-state index in [1.807, 2.05) is 30.3 Å². The summed E-state index contributed by atoms with van der Waals surface area (Å²) >= 11 is 12.1. The van der Waals surface area contributed by atoms with Gasteiger partial charge < -0.3 is 10.1 Å². The summed E-state index contributed by atoms with van der Waals surface area (Å²) in [7, 11) is 0. The molecule has 0 saturated carbocycles. The van der Waals surface area contributed by atoms with Crippen LogP contribution in [0.25, 0.3) is 0 Å². The van der Waals surface area contributed by atoms with Crippen LogP contribution in [-0.4, -0.2) is 15.7 Å². The van der Waals surface area contributed by atoms with Crippen LogP contribution in [0.5, 0.6) is 5.75 Å². The molecular weight excluding hydrogens is 349 g/mol. The molecule has 0 fully saturated rings. The maximum atomic E-state index is 12.3. The normalized spacial score (nSPS) is 10.4. The van der Waals surface area contributed by atoms with Gasteiger partial charge >= 0.3 is 0 Å². The summed E-state index contributed by atoms with van der Waals surface area (Å²) in [6.45, 7) is 0.199. The number of para-hydroxylation sites is 2. The van der Waals surface area contributed by atoms with Crippen LogP contribution in [0, 0.1) is 0 Å². The fourth-order valence-electron chi connectivity index (χ4n) is 2.01. The van der Waals surface area contributed by atoms with E-state index in [1.165, 1.54) is 4.68 Å². The van der Waals surface area contributed by atoms with Gasteiger partial charge in [0.15, 0.2) is 12.4 Å². The van der Waals surface area contributed by atoms with Crippen LogP contribution < -0.4 is 10.1 Å². The number of carbonyl (C=O) groups is 1. The standard InChI is InChI=1S/C17H13Cl2N3O2/c18-13-7-4-8-14(19)16(13)20-17(23)15-9-10-22(21-15)11-24-12-5-2-1-3-6-12/h1-10H,11H2,(H,20,23). The van der Waals surface area contributed by atoms with Crippen molar-refractivity contribution in [3.05, 3.63) is 76.5 Å². The molecule has 3 rings (SSSR count). The Morgan fingerprint density at radius 3 is 2.46 bits per heavy atom. The predicted molar refractivity (Wildman–Crippen MR) is 93.7 cm³/mol. The van der Waals surface area contributed by atoms with E-state index in [9.17, 15) is 4.79 Å². The zero-order chi connectivity index (χ0) is 16.9. The minimum atomic E-state index is -0.400. The van der Waals surface area contributed by atoms with Crippen molar-refractivity contribution in [3.63, 3.8) is 0 Å². The van der Waals surface area contributed by atoms with Gasteiger partial charge in [-0.1, -0.05) is 47.5 Å². The topological polar surface area (TPSA) is 56.2 Å². The number of halogens is 2. The van der Waals surface area contributed by atoms with Crippen LogP contribution in [0.3, 0.4) is 0 Å². The number of hydrogen-bond acceptors (Lipinski definition) is 3. The quantitative estimate of drug-likeness (QED) is 0.728. The summed E-state index contributed by atoms with van der Waals surface area (Å²) in [4.78, 5) is 12.3. The lowest BCUT2D eigenvalue weighted by molar-refractivity contribution is 0.102. The summed E-state index contributed by atoms with van der Waals surface area (Å²) in [6, 6.07) is 15.9. The first kappa shape index (κ1) is 16.4. The van der Waals surface area contributed by atoms with Gasteiger partial charge in [-0.3, -0.25) is 4.79 Å². The van der Waals surface area contributed by atoms with Crippen LogP contribution in [0.4, 0.5) is 5.69 Å². The zero-order valence-electron chi connectivity index (χ0n) is 12.4. The molecule has 1 aromatic heterocycles. The van der Waals surface area contributed by atoms with Crippen LogP contribution in [0.15, 0.2) is 60.8 Å². The summed E-state index contributed by atoms with van der Waals surface area (Å²) < 4.78 is 7.09. The minimum Gasteiger partial charge on any atom is -0.471 e. The lowest BCUT2D eigenvalue weighted by Gasteiger charge is -2.08. The molecule has 0 spiro atoms. The van der Waals surface area contributed by atoms with E-state index in [4.69, 9.17) is 27.9 Å². The molecule has 0 aliphatic rings. The van der Waals surface area contributed by atoms with E-state index in [0.29, 0.717) is 15.7 Å². The van der Waals surface area contributed by atoms with E-state index in [0.717, 1.165) is 5.75 Å². The van der Waals surface area contributed by atoms with Gasteiger partial charge in [0, 0.05) is 6.20 Å². The van der Waals surface area contributed by atoms with E-state index in [1.54, 1.807) is 30.5 Å². The third kappa shape index (κ3) is 3.88. The first-order valence-electron chi connectivity index (χ1n) is 7.10. The second-order valence-corrected chi connectivity index (χ2v) is 5.69. The minimum absolute atomic E-state index is 0.199. The lowest BCUT2D eigenvalue weighted by Crippen LogP contribution is -2.14. The van der Waals surface area contributed by atoms with Crippen molar-refractivity contribution in [1.29, 1.82) is 0 Å². The number of nitrogens with zero attached hydrogens (tertiary/aromatic N) is 2. The molecule has 122 valence electrons. The monoisotopic (exact) mass is 361 g/mol. The average Bonchev–Trinajstić information content (AvgIpc) is 3.06. The van der Waals surface area contributed by atoms with Gasteiger partial charge in [-0.05, 0) is 30.3 Å². The van der Waals surface area contributed by atoms with Crippen LogP contribution in [0.1, 0.15) is 10.5 Å². The molecule has 24 heavy (non-hydrogen) atoms. The number of carbonyl (C=O) groups excluding carboxylic acids is 1. The number of rotatable bonds is 5. The molecular formula is C17H13Cl2N3O2. The maximum Gasteiger partial charge on any atom is 0.276 e. The van der Waals surface area contributed by atoms with E-state index in [-0.39, 0.29) is 12.4 Å². The van der Waals surface area contributed by atoms with Gasteiger partial charge in [-0.2, -0.15) is 5.10 Å². The smallest absolute Gasteiger partial charge is 0.276 e. The second kappa shape index (κ2) is 7.38. The SMILES string of the molecule is O=C(Nc1c(Cl)cccc1Cl)c1ccn(COc2ccccc2)n1. The molecule has 1 N–H and O–H groups in total. The number of hydrogen-bond donors (Lipinski definition) is 1. The Morgan fingerprint density at radius 2 is 1.75 bits per heavy atom. The van der Waals surface area contributed by atoms with E-state index >= 15 is 0 Å². The highest BCUT2D eigenvalue weighted by molar-refractivity contribution is 6.39. The molecule has 7 heteroatoms. The van der Waals surface area contributed by atoms with Gasteiger partial charge in [0.2, 0.25) is 0 Å². The van der Waals surface area contributed by atoms with Crippen LogP contribution >= 0.6 is 23.2 Å². The van der Waals surface area contributed by atoms with E-state index in [2.05, 4.69) is 10.4 Å². The number of anilines is 1. The highest BCUT2D eigenvalue weighted by atomic mass is 35.5. The molecule has 0 saturated heterocycles. The molecule has 3 aromatic rings. The molecule has 0 unspecified atom stereocenters. The molecule has 0 atom stereocenters. The van der Waals surface area contributed by atoms with Gasteiger partial charge in [-0.15, -0.1) is 0 Å². The largest absolute Gasteiger partial charge is 0.471 e. The first-order valence-corrected chi connectivity index (χ1v) is 7.86. The van der Waals surface area contributed by atoms with Crippen LogP contribution in [-0.2, 0) is 6.73 Å². The Bertz CT molecular complexity index is 830. The molecule has 2 aromatic carbocycles. The Kier molecular flexibility index (Phi) is 5.03. The molecule has 0 bridgehead atoms. The van der Waals surface area contributed by atoms with Crippen molar-refractivity contribution in [1.82, 2.24) is 9.78 Å². The molecule has 1 amide bonds. The Balaban J connectivity index is 1.65. The van der Waals surface area contributed by atoms with Crippen LogP contribution in [0.2, 0.25) is 10.0 Å². The highest BCUT2D eigenvalue weighted by Crippen LogP contribution is 2.30. The number of aromatic nitrogens is 2. The fourth-order valence-corrected chi connectivity index (χ4v) is 2.50. The lowest BCUT2D eigenvalue weighted by atomic mass is 10.3. The third-order valence-electron chi connectivity index (χ3n) is 3.18. The first-order chi connectivity index (χ1) is 11.6. The van der Waals surface area contributed by atoms with Crippen molar-refractivity contribution in [2.45, 2.75) is 6.73 Å². The summed E-state index contributed by atoms with van der Waals surface area (Å²) in [5.41, 5.74) is 0.601. The Labute approximate surface area is 148 Å². The molecule has 0 radical (unpaired) electrons. The summed E-state index contributed by atoms with van der Waals surface area (Å²) in [6.07, 6.45) is 1.66. The number of nitrogens with one attached hydrogen (secondary N) is 1. The Hall–Kier alpha value is -2.50. The van der Waals surface area contributed by atoms with E-state index < -0.39 is 5.91 Å². The maximum absolute atomic E-state index is 12.3. The molecule has 0 aliphatic carbocycles. The van der Waals surface area contributed by atoms with Gasteiger partial charge in [0.05, 0.1) is 15.7 Å². The molecule has 0 aliphatic heterocycles. The molecule has 5 nitrogen and oxygen atoms in total. The van der Waals surface area contributed by atoms with Gasteiger partial charge in [-0.25, -0.2) is 4.68 Å². The fraction of sp³-hybridized carbons (Fsp3) is 0.0588. The number of ether oxygens (including phenoxy) is 1. The van der Waals surface area contributed by atoms with Crippen molar-refractivity contribution >= 4 is 34.8 Å². The van der Waals surface area contributed by atoms with Gasteiger partial charge in [0.1, 0.15) is 5.75 Å². The third-order valence-corrected chi connectivity index (χ3v) is 3.81. The van der Waals surface area contributed by atoms with Crippen molar-refractivity contribution in [2.75, 3.05) is 5.32 Å². The summed E-state index contributed by atoms with van der Waals surface area (Å²) in [5.74, 6) is 0.324. The zero-order valence-corrected chi connectivity index (χ0v) is 14.0. The highest BCUT2D eigenvalue weighted by Gasteiger charge is 2.14. The Morgan fingerprint density at radius 1 is 1.04 bits per heavy atom. The van der Waals surface area contributed by atoms with Crippen molar-refractivity contribution < 1.29 is 9.53 Å². The summed E-state index contributed by atoms with van der Waals surface area (Å²) in [5, 5.41) is 7.56. The second-order valence-electron chi connectivity index (χ2n) is 4.88. The average molecular weight is 362 g/mol. The number of benzene rings is 2. The van der Waals surface area contributed by atoms with Gasteiger partial charge in [0.25, 0.3) is 5.91 Å². The number of amides is 1. The predicted octanol–water partition coefficient (Wildman–Crippen LogP) is 4.48.